The summed E-state index contributed by atoms with van der Waals surface area (Å²) >= 11 is 0. The number of nitrogens with one attached hydrogen (secondary N) is 3. The van der Waals surface area contributed by atoms with Gasteiger partial charge in [-0.05, 0) is 51.5 Å². The van der Waals surface area contributed by atoms with Gasteiger partial charge in [0.25, 0.3) is 0 Å². The van der Waals surface area contributed by atoms with Gasteiger partial charge in [0.1, 0.15) is 6.04 Å². The van der Waals surface area contributed by atoms with Crippen LogP contribution in [0, 0.1) is 0 Å². The lowest BCUT2D eigenvalue weighted by atomic mass is 10.0. The Bertz CT molecular complexity index is 968. The zero-order valence-electron chi connectivity index (χ0n) is 21.1. The number of nitrogens with zero attached hydrogens (tertiary/aromatic N) is 3. The first kappa shape index (κ1) is 33.3. The Kier molecular flexibility index (Phi) is 14.0. The molecule has 2 fully saturated rings. The van der Waals surface area contributed by atoms with Crippen LogP contribution in [0.3, 0.4) is 0 Å². The first-order valence-corrected chi connectivity index (χ1v) is 14.1. The molecule has 12 nitrogen and oxygen atoms in total. The number of imide groups is 1. The van der Waals surface area contributed by atoms with Crippen LogP contribution in [-0.2, 0) is 30.8 Å². The zero-order valence-corrected chi connectivity index (χ0v) is 23.5. The van der Waals surface area contributed by atoms with Crippen LogP contribution in [0.4, 0.5) is 0 Å². The average Bonchev–Trinajstić information content (AvgIpc) is 3.59. The molecular weight excluding hydrogens is 545 g/mol. The predicted molar refractivity (Wildman–Crippen MR) is 144 cm³/mol. The van der Waals surface area contributed by atoms with E-state index in [-0.39, 0.29) is 50.1 Å². The van der Waals surface area contributed by atoms with E-state index in [9.17, 15) is 22.8 Å². The number of aromatic nitrogens is 2. The predicted octanol–water partition coefficient (Wildman–Crippen LogP) is -0.0592. The van der Waals surface area contributed by atoms with Crippen molar-refractivity contribution < 1.29 is 22.8 Å². The number of likely N-dealkylation sites (tertiary alicyclic amines) is 1. The molecule has 0 bridgehead atoms. The Balaban J connectivity index is 0.00000342. The van der Waals surface area contributed by atoms with Crippen molar-refractivity contribution in [3.8, 4) is 0 Å². The van der Waals surface area contributed by atoms with E-state index in [4.69, 9.17) is 5.73 Å². The lowest BCUT2D eigenvalue weighted by molar-refractivity contribution is -0.156. The van der Waals surface area contributed by atoms with E-state index in [1.165, 1.54) is 6.33 Å². The summed E-state index contributed by atoms with van der Waals surface area (Å²) in [5.74, 6) is -1.28. The number of H-pyrrole nitrogens is 1. The third-order valence-corrected chi connectivity index (χ3v) is 7.16. The normalized spacial score (nSPS) is 19.0. The fourth-order valence-electron chi connectivity index (χ4n) is 4.61. The minimum Gasteiger partial charge on any atom is -0.348 e. The second-order valence-corrected chi connectivity index (χ2v) is 11.1. The second kappa shape index (κ2) is 15.6. The van der Waals surface area contributed by atoms with Crippen LogP contribution in [0.15, 0.2) is 12.5 Å². The molecule has 1 unspecified atom stereocenters. The van der Waals surface area contributed by atoms with E-state index in [2.05, 4.69) is 20.0 Å². The average molecular weight is 585 g/mol. The maximum absolute atomic E-state index is 13.6. The fourth-order valence-corrected chi connectivity index (χ4v) is 5.12. The van der Waals surface area contributed by atoms with Gasteiger partial charge >= 0.3 is 0 Å². The molecule has 0 radical (unpaired) electrons. The minimum atomic E-state index is -3.32. The number of sulfonamides is 1. The SMILES string of the molecule is CS(=O)(=O)NCCCCC(C(=O)N1CCCC1)N(C(=O)[C@@H]1CCCN1)C(=O)[C@@H](N)Cc1cnc[nH]1.Cl.Cl. The van der Waals surface area contributed by atoms with Gasteiger partial charge in [-0.15, -0.1) is 24.8 Å². The number of rotatable bonds is 12. The van der Waals surface area contributed by atoms with Crippen LogP contribution >= 0.6 is 24.8 Å². The maximum Gasteiger partial charge on any atom is 0.247 e. The fraction of sp³-hybridized carbons (Fsp3) is 0.727. The van der Waals surface area contributed by atoms with Crippen LogP contribution in [0.1, 0.15) is 50.6 Å². The number of aromatic amines is 1. The van der Waals surface area contributed by atoms with Gasteiger partial charge in [-0.3, -0.25) is 19.3 Å². The maximum atomic E-state index is 13.6. The number of hydrogen-bond acceptors (Lipinski definition) is 8. The van der Waals surface area contributed by atoms with Crippen LogP contribution in [-0.4, -0.2) is 96.5 Å². The summed E-state index contributed by atoms with van der Waals surface area (Å²) < 4.78 is 25.1. The van der Waals surface area contributed by atoms with Crippen LogP contribution in [0.5, 0.6) is 0 Å². The van der Waals surface area contributed by atoms with Crippen molar-refractivity contribution in [1.29, 1.82) is 0 Å². The Labute approximate surface area is 230 Å². The van der Waals surface area contributed by atoms with Gasteiger partial charge in [-0.1, -0.05) is 0 Å². The molecule has 3 amide bonds. The molecule has 1 aromatic heterocycles. The molecule has 0 aromatic carbocycles. The van der Waals surface area contributed by atoms with Crippen molar-refractivity contribution in [1.82, 2.24) is 29.8 Å². The molecule has 0 saturated carbocycles. The van der Waals surface area contributed by atoms with Crippen molar-refractivity contribution in [2.75, 3.05) is 32.4 Å². The molecule has 0 aliphatic carbocycles. The Morgan fingerprint density at radius 3 is 2.49 bits per heavy atom. The summed E-state index contributed by atoms with van der Waals surface area (Å²) in [6.45, 7) is 2.06. The Morgan fingerprint density at radius 1 is 1.22 bits per heavy atom. The van der Waals surface area contributed by atoms with E-state index in [0.29, 0.717) is 44.6 Å². The molecule has 37 heavy (non-hydrogen) atoms. The summed E-state index contributed by atoms with van der Waals surface area (Å²) in [5, 5.41) is 3.13. The summed E-state index contributed by atoms with van der Waals surface area (Å²) in [4.78, 5) is 50.4. The van der Waals surface area contributed by atoms with Crippen molar-refractivity contribution in [2.24, 2.45) is 5.73 Å². The number of hydrogen-bond donors (Lipinski definition) is 4. The molecule has 1 aromatic rings. The highest BCUT2D eigenvalue weighted by Gasteiger charge is 2.42. The first-order valence-electron chi connectivity index (χ1n) is 12.2. The van der Waals surface area contributed by atoms with Crippen LogP contribution in [0.2, 0.25) is 0 Å². The second-order valence-electron chi connectivity index (χ2n) is 9.29. The summed E-state index contributed by atoms with van der Waals surface area (Å²) in [6.07, 6.45) is 8.60. The molecular formula is C22H39Cl2N7O5S. The number of unbranched alkanes of at least 4 members (excludes halogenated alkanes) is 1. The van der Waals surface area contributed by atoms with Gasteiger partial charge in [-0.25, -0.2) is 18.1 Å². The molecule has 0 spiro atoms. The monoisotopic (exact) mass is 583 g/mol. The third kappa shape index (κ3) is 9.80. The molecule has 15 heteroatoms. The van der Waals surface area contributed by atoms with Gasteiger partial charge in [0, 0.05) is 37.9 Å². The van der Waals surface area contributed by atoms with E-state index in [1.807, 2.05) is 0 Å². The van der Waals surface area contributed by atoms with Gasteiger partial charge in [-0.2, -0.15) is 0 Å². The lowest BCUT2D eigenvalue weighted by Crippen LogP contribution is -2.60. The van der Waals surface area contributed by atoms with Crippen LogP contribution < -0.4 is 15.8 Å². The number of imidazole rings is 1. The van der Waals surface area contributed by atoms with Crippen molar-refractivity contribution in [3.63, 3.8) is 0 Å². The standard InChI is InChI=1S/C22H37N7O5S.2ClH/c1-35(33,34)27-10-3-2-8-19(22(32)28-11-4-5-12-28)29(21(31)18-7-6-9-25-18)20(30)17(23)13-16-14-24-15-26-16;;/h14-15,17-19,25,27H,2-13,23H2,1H3,(H,24,26);2*1H/t17-,18-,19?;;/m0../s1. The topological polar surface area (TPSA) is 171 Å². The smallest absolute Gasteiger partial charge is 0.247 e. The molecule has 3 rings (SSSR count). The summed E-state index contributed by atoms with van der Waals surface area (Å²) in [6, 6.07) is -2.55. The van der Waals surface area contributed by atoms with Crippen molar-refractivity contribution in [3.05, 3.63) is 18.2 Å². The number of amides is 3. The number of carbonyl (C=O) groups excluding carboxylic acids is 3. The molecule has 3 heterocycles. The summed E-state index contributed by atoms with van der Waals surface area (Å²) in [5.41, 5.74) is 6.91. The first-order chi connectivity index (χ1) is 16.7. The molecule has 3 atom stereocenters. The van der Waals surface area contributed by atoms with E-state index in [0.717, 1.165) is 30.4 Å². The highest BCUT2D eigenvalue weighted by atomic mass is 35.5. The van der Waals surface area contributed by atoms with Crippen molar-refractivity contribution in [2.45, 2.75) is 69.5 Å². The van der Waals surface area contributed by atoms with Gasteiger partial charge in [0.15, 0.2) is 0 Å². The van der Waals surface area contributed by atoms with Gasteiger partial charge < -0.3 is 20.9 Å². The van der Waals surface area contributed by atoms with Gasteiger partial charge in [0.05, 0.1) is 24.7 Å². The van der Waals surface area contributed by atoms with E-state index >= 15 is 0 Å². The number of halogens is 2. The lowest BCUT2D eigenvalue weighted by Gasteiger charge is -2.35. The Morgan fingerprint density at radius 2 is 1.92 bits per heavy atom. The third-order valence-electron chi connectivity index (χ3n) is 6.43. The summed E-state index contributed by atoms with van der Waals surface area (Å²) in [7, 11) is -3.32. The minimum absolute atomic E-state index is 0. The largest absolute Gasteiger partial charge is 0.348 e. The molecule has 212 valence electrons. The van der Waals surface area contributed by atoms with Gasteiger partial charge in [0.2, 0.25) is 27.7 Å². The number of carbonyl (C=O) groups is 3. The highest BCUT2D eigenvalue weighted by Crippen LogP contribution is 2.21. The van der Waals surface area contributed by atoms with E-state index in [1.54, 1.807) is 11.1 Å². The molecule has 2 saturated heterocycles. The zero-order chi connectivity index (χ0) is 25.4. The Hall–Kier alpha value is -1.77. The van der Waals surface area contributed by atoms with E-state index < -0.39 is 40.0 Å². The molecule has 2 aliphatic heterocycles. The van der Waals surface area contributed by atoms with Crippen molar-refractivity contribution >= 4 is 52.6 Å². The quantitative estimate of drug-likeness (QED) is 0.248. The molecule has 5 N–H and O–H groups in total. The highest BCUT2D eigenvalue weighted by molar-refractivity contribution is 7.88. The molecule has 2 aliphatic rings. The van der Waals surface area contributed by atoms with Crippen LogP contribution in [0.25, 0.3) is 0 Å². The number of nitrogens with two attached hydrogens (primary N) is 1.